The molecule has 1 N–H and O–H groups in total. The Hall–Kier alpha value is -3.60. The SMILES string of the molecule is COc1ccccc1NC(=O)O[C@H](C(=O)c1ccccc1)c1ccccc1. The number of rotatable bonds is 6. The first-order valence-electron chi connectivity index (χ1n) is 8.44. The zero-order chi connectivity index (χ0) is 19.1. The summed E-state index contributed by atoms with van der Waals surface area (Å²) in [6, 6.07) is 24.6. The van der Waals surface area contributed by atoms with Crippen LogP contribution in [0.15, 0.2) is 84.9 Å². The third kappa shape index (κ3) is 4.52. The van der Waals surface area contributed by atoms with Crippen molar-refractivity contribution in [3.8, 4) is 5.75 Å². The summed E-state index contributed by atoms with van der Waals surface area (Å²) in [6.07, 6.45) is -1.79. The lowest BCUT2D eigenvalue weighted by Gasteiger charge is -2.18. The highest BCUT2D eigenvalue weighted by molar-refractivity contribution is 6.01. The van der Waals surface area contributed by atoms with Gasteiger partial charge in [-0.25, -0.2) is 4.79 Å². The van der Waals surface area contributed by atoms with E-state index in [0.717, 1.165) is 0 Å². The first-order chi connectivity index (χ1) is 13.2. The van der Waals surface area contributed by atoms with E-state index in [0.29, 0.717) is 22.6 Å². The third-order valence-electron chi connectivity index (χ3n) is 3.97. The Kier molecular flexibility index (Phi) is 5.84. The number of methoxy groups -OCH3 is 1. The average molecular weight is 361 g/mol. The first-order valence-corrected chi connectivity index (χ1v) is 8.44. The highest BCUT2D eigenvalue weighted by Gasteiger charge is 2.26. The van der Waals surface area contributed by atoms with Crippen LogP contribution in [0, 0.1) is 0 Å². The number of hydrogen-bond acceptors (Lipinski definition) is 4. The van der Waals surface area contributed by atoms with Gasteiger partial charge in [-0.1, -0.05) is 72.8 Å². The summed E-state index contributed by atoms with van der Waals surface area (Å²) in [5, 5.41) is 2.63. The number of Topliss-reactive ketones (excluding diaryl/α,β-unsaturated/α-hetero) is 1. The Balaban J connectivity index is 1.83. The van der Waals surface area contributed by atoms with Gasteiger partial charge in [0.15, 0.2) is 6.10 Å². The number of hydrogen-bond donors (Lipinski definition) is 1. The largest absolute Gasteiger partial charge is 0.495 e. The summed E-state index contributed by atoms with van der Waals surface area (Å²) in [4.78, 5) is 25.4. The van der Waals surface area contributed by atoms with Crippen molar-refractivity contribution in [1.82, 2.24) is 0 Å². The Bertz CT molecular complexity index is 910. The molecule has 1 amide bonds. The molecule has 0 fully saturated rings. The van der Waals surface area contributed by atoms with E-state index in [9.17, 15) is 9.59 Å². The fourth-order valence-electron chi connectivity index (χ4n) is 2.65. The molecule has 0 saturated carbocycles. The van der Waals surface area contributed by atoms with Gasteiger partial charge >= 0.3 is 6.09 Å². The minimum Gasteiger partial charge on any atom is -0.495 e. The molecule has 0 aliphatic carbocycles. The second kappa shape index (κ2) is 8.67. The molecule has 5 heteroatoms. The molecule has 0 bridgehead atoms. The van der Waals surface area contributed by atoms with Crippen LogP contribution in [0.3, 0.4) is 0 Å². The monoisotopic (exact) mass is 361 g/mol. The van der Waals surface area contributed by atoms with Crippen LogP contribution in [0.25, 0.3) is 0 Å². The molecule has 0 spiro atoms. The van der Waals surface area contributed by atoms with E-state index in [1.165, 1.54) is 7.11 Å². The number of nitrogens with one attached hydrogen (secondary N) is 1. The van der Waals surface area contributed by atoms with Gasteiger partial charge < -0.3 is 9.47 Å². The molecule has 136 valence electrons. The van der Waals surface area contributed by atoms with Crippen LogP contribution in [0.5, 0.6) is 5.75 Å². The van der Waals surface area contributed by atoms with E-state index in [1.807, 2.05) is 12.1 Å². The van der Waals surface area contributed by atoms with Gasteiger partial charge in [-0.3, -0.25) is 10.1 Å². The Morgan fingerprint density at radius 2 is 1.41 bits per heavy atom. The molecule has 0 radical (unpaired) electrons. The van der Waals surface area contributed by atoms with E-state index in [4.69, 9.17) is 9.47 Å². The molecule has 0 aromatic heterocycles. The minimum absolute atomic E-state index is 0.294. The van der Waals surface area contributed by atoms with Crippen molar-refractivity contribution >= 4 is 17.6 Å². The number of benzene rings is 3. The van der Waals surface area contributed by atoms with E-state index < -0.39 is 12.2 Å². The molecule has 3 aromatic carbocycles. The average Bonchev–Trinajstić information content (AvgIpc) is 2.73. The number of ether oxygens (including phenoxy) is 2. The van der Waals surface area contributed by atoms with Crippen molar-refractivity contribution in [3.05, 3.63) is 96.1 Å². The van der Waals surface area contributed by atoms with Crippen LogP contribution in [-0.4, -0.2) is 19.0 Å². The topological polar surface area (TPSA) is 64.6 Å². The van der Waals surface area contributed by atoms with Crippen LogP contribution >= 0.6 is 0 Å². The molecular weight excluding hydrogens is 342 g/mol. The van der Waals surface area contributed by atoms with Crippen LogP contribution in [-0.2, 0) is 4.74 Å². The summed E-state index contributed by atoms with van der Waals surface area (Å²) in [5.74, 6) is 0.206. The molecule has 0 heterocycles. The van der Waals surface area contributed by atoms with Gasteiger partial charge in [0.05, 0.1) is 12.8 Å². The highest BCUT2D eigenvalue weighted by atomic mass is 16.6. The summed E-state index contributed by atoms with van der Waals surface area (Å²) in [7, 11) is 1.51. The Morgan fingerprint density at radius 3 is 2.07 bits per heavy atom. The van der Waals surface area contributed by atoms with Crippen molar-refractivity contribution < 1.29 is 19.1 Å². The molecule has 0 aliphatic rings. The lowest BCUT2D eigenvalue weighted by Crippen LogP contribution is -2.23. The van der Waals surface area contributed by atoms with Crippen molar-refractivity contribution in [2.75, 3.05) is 12.4 Å². The molecule has 3 rings (SSSR count). The molecule has 0 unspecified atom stereocenters. The normalized spacial score (nSPS) is 11.3. The minimum atomic E-state index is -1.05. The molecule has 3 aromatic rings. The van der Waals surface area contributed by atoms with Crippen LogP contribution in [0.1, 0.15) is 22.0 Å². The van der Waals surface area contributed by atoms with E-state index in [1.54, 1.807) is 72.8 Å². The molecule has 5 nitrogen and oxygen atoms in total. The maximum Gasteiger partial charge on any atom is 0.412 e. The fraction of sp³-hybridized carbons (Fsp3) is 0.0909. The van der Waals surface area contributed by atoms with Crippen LogP contribution in [0.2, 0.25) is 0 Å². The van der Waals surface area contributed by atoms with E-state index in [2.05, 4.69) is 5.32 Å². The van der Waals surface area contributed by atoms with Gasteiger partial charge in [0.1, 0.15) is 5.75 Å². The number of carbonyl (C=O) groups is 2. The molecular formula is C22H19NO4. The maximum absolute atomic E-state index is 12.9. The van der Waals surface area contributed by atoms with Crippen LogP contribution in [0.4, 0.5) is 10.5 Å². The summed E-state index contributed by atoms with van der Waals surface area (Å²) in [5.41, 5.74) is 1.53. The maximum atomic E-state index is 12.9. The van der Waals surface area contributed by atoms with Gasteiger partial charge in [-0.2, -0.15) is 0 Å². The quantitative estimate of drug-likeness (QED) is 0.636. The molecule has 27 heavy (non-hydrogen) atoms. The third-order valence-corrected chi connectivity index (χ3v) is 3.97. The van der Waals surface area contributed by atoms with Gasteiger partial charge in [0.2, 0.25) is 5.78 Å². The van der Waals surface area contributed by atoms with Gasteiger partial charge in [-0.05, 0) is 12.1 Å². The summed E-state index contributed by atoms with van der Waals surface area (Å²) >= 11 is 0. The zero-order valence-electron chi connectivity index (χ0n) is 14.8. The smallest absolute Gasteiger partial charge is 0.412 e. The number of carbonyl (C=O) groups excluding carboxylic acids is 2. The lowest BCUT2D eigenvalue weighted by molar-refractivity contribution is 0.0666. The van der Waals surface area contributed by atoms with Crippen molar-refractivity contribution in [1.29, 1.82) is 0 Å². The van der Waals surface area contributed by atoms with Crippen molar-refractivity contribution in [2.45, 2.75) is 6.10 Å². The second-order valence-electron chi connectivity index (χ2n) is 5.75. The number of anilines is 1. The van der Waals surface area contributed by atoms with E-state index >= 15 is 0 Å². The van der Waals surface area contributed by atoms with Crippen molar-refractivity contribution in [2.24, 2.45) is 0 Å². The number of ketones is 1. The summed E-state index contributed by atoms with van der Waals surface area (Å²) < 4.78 is 10.7. The highest BCUT2D eigenvalue weighted by Crippen LogP contribution is 2.26. The predicted octanol–water partition coefficient (Wildman–Crippen LogP) is 4.87. The Labute approximate surface area is 157 Å². The number of para-hydroxylation sites is 2. The molecule has 0 saturated heterocycles. The molecule has 0 aliphatic heterocycles. The predicted molar refractivity (Wildman–Crippen MR) is 103 cm³/mol. The van der Waals surface area contributed by atoms with Gasteiger partial charge in [0.25, 0.3) is 0 Å². The van der Waals surface area contributed by atoms with Crippen molar-refractivity contribution in [3.63, 3.8) is 0 Å². The standard InChI is InChI=1S/C22H19NO4/c1-26-19-15-9-8-14-18(19)23-22(25)27-21(17-12-6-3-7-13-17)20(24)16-10-4-2-5-11-16/h2-15,21H,1H3,(H,23,25)/t21-/m0/s1. The summed E-state index contributed by atoms with van der Waals surface area (Å²) in [6.45, 7) is 0. The Morgan fingerprint density at radius 1 is 0.815 bits per heavy atom. The van der Waals surface area contributed by atoms with Gasteiger partial charge in [0, 0.05) is 11.1 Å². The van der Waals surface area contributed by atoms with E-state index in [-0.39, 0.29) is 5.78 Å². The zero-order valence-corrected chi connectivity index (χ0v) is 14.8. The molecule has 1 atom stereocenters. The van der Waals surface area contributed by atoms with Gasteiger partial charge in [-0.15, -0.1) is 0 Å². The second-order valence-corrected chi connectivity index (χ2v) is 5.75. The first kappa shape index (κ1) is 18.2. The fourth-order valence-corrected chi connectivity index (χ4v) is 2.65. The lowest BCUT2D eigenvalue weighted by atomic mass is 10.00. The van der Waals surface area contributed by atoms with Crippen LogP contribution < -0.4 is 10.1 Å². The number of amides is 1.